The van der Waals surface area contributed by atoms with Crippen LogP contribution in [0.5, 0.6) is 0 Å². The Balaban J connectivity index is 1.93. The van der Waals surface area contributed by atoms with Crippen LogP contribution in [0.3, 0.4) is 0 Å². The number of ketones is 1. The SMILES string of the molecule is CC1(C)CCC[C@H](ONc2ccccc2)C1=O. The maximum Gasteiger partial charge on any atom is 0.169 e. The molecule has 1 atom stereocenters. The van der Waals surface area contributed by atoms with Gasteiger partial charge in [-0.1, -0.05) is 32.0 Å². The first kappa shape index (κ1) is 12.1. The lowest BCUT2D eigenvalue weighted by Gasteiger charge is -2.33. The molecule has 1 saturated carbocycles. The zero-order chi connectivity index (χ0) is 12.3. The second kappa shape index (κ2) is 4.88. The van der Waals surface area contributed by atoms with E-state index in [9.17, 15) is 4.79 Å². The summed E-state index contributed by atoms with van der Waals surface area (Å²) in [5, 5.41) is 0. The Morgan fingerprint density at radius 1 is 1.29 bits per heavy atom. The molecule has 0 radical (unpaired) electrons. The minimum atomic E-state index is -0.320. The third-order valence-electron chi connectivity index (χ3n) is 3.32. The smallest absolute Gasteiger partial charge is 0.169 e. The van der Waals surface area contributed by atoms with Crippen molar-refractivity contribution in [1.29, 1.82) is 0 Å². The van der Waals surface area contributed by atoms with E-state index >= 15 is 0 Å². The molecule has 3 heteroatoms. The summed E-state index contributed by atoms with van der Waals surface area (Å²) in [6.07, 6.45) is 2.48. The molecule has 0 saturated heterocycles. The van der Waals surface area contributed by atoms with E-state index in [0.717, 1.165) is 24.9 Å². The van der Waals surface area contributed by atoms with E-state index in [-0.39, 0.29) is 17.3 Å². The third kappa shape index (κ3) is 2.86. The maximum absolute atomic E-state index is 12.1. The highest BCUT2D eigenvalue weighted by Crippen LogP contribution is 2.33. The van der Waals surface area contributed by atoms with Gasteiger partial charge in [0.1, 0.15) is 6.10 Å². The molecule has 0 unspecified atom stereocenters. The average molecular weight is 233 g/mol. The zero-order valence-electron chi connectivity index (χ0n) is 10.4. The highest BCUT2D eigenvalue weighted by Gasteiger charge is 2.38. The molecule has 1 aromatic rings. The van der Waals surface area contributed by atoms with E-state index in [1.165, 1.54) is 0 Å². The second-order valence-corrected chi connectivity index (χ2v) is 5.21. The molecule has 0 spiro atoms. The van der Waals surface area contributed by atoms with Crippen LogP contribution in [0.25, 0.3) is 0 Å². The fourth-order valence-corrected chi connectivity index (χ4v) is 2.18. The molecule has 0 bridgehead atoms. The van der Waals surface area contributed by atoms with E-state index in [0.29, 0.717) is 0 Å². The summed E-state index contributed by atoms with van der Waals surface area (Å²) in [6.45, 7) is 3.99. The molecule has 17 heavy (non-hydrogen) atoms. The predicted octanol–water partition coefficient (Wildman–Crippen LogP) is 3.18. The van der Waals surface area contributed by atoms with Crippen molar-refractivity contribution in [3.05, 3.63) is 30.3 Å². The number of nitrogens with one attached hydrogen (secondary N) is 1. The monoisotopic (exact) mass is 233 g/mol. The zero-order valence-corrected chi connectivity index (χ0v) is 10.4. The number of carbonyl (C=O) groups excluding carboxylic acids is 1. The van der Waals surface area contributed by atoms with Crippen LogP contribution in [0, 0.1) is 5.41 Å². The van der Waals surface area contributed by atoms with Gasteiger partial charge >= 0.3 is 0 Å². The Morgan fingerprint density at radius 3 is 2.71 bits per heavy atom. The van der Waals surface area contributed by atoms with Gasteiger partial charge in [-0.2, -0.15) is 0 Å². The van der Waals surface area contributed by atoms with Crippen molar-refractivity contribution in [3.63, 3.8) is 0 Å². The van der Waals surface area contributed by atoms with Crippen LogP contribution in [-0.4, -0.2) is 11.9 Å². The third-order valence-corrected chi connectivity index (χ3v) is 3.32. The van der Waals surface area contributed by atoms with Gasteiger partial charge in [-0.25, -0.2) is 0 Å². The van der Waals surface area contributed by atoms with Gasteiger partial charge in [0.2, 0.25) is 0 Å². The molecule has 92 valence electrons. The van der Waals surface area contributed by atoms with Crippen LogP contribution in [0.15, 0.2) is 30.3 Å². The van der Waals surface area contributed by atoms with Gasteiger partial charge in [-0.15, -0.1) is 0 Å². The molecule has 0 aromatic heterocycles. The number of Topliss-reactive ketones (excluding diaryl/α,β-unsaturated/α-hetero) is 1. The second-order valence-electron chi connectivity index (χ2n) is 5.21. The highest BCUT2D eigenvalue weighted by atomic mass is 16.7. The van der Waals surface area contributed by atoms with E-state index in [4.69, 9.17) is 4.84 Å². The Kier molecular flexibility index (Phi) is 3.48. The minimum Gasteiger partial charge on any atom is -0.296 e. The lowest BCUT2D eigenvalue weighted by Crippen LogP contribution is -2.41. The highest BCUT2D eigenvalue weighted by molar-refractivity contribution is 5.89. The van der Waals surface area contributed by atoms with Crippen LogP contribution < -0.4 is 5.48 Å². The van der Waals surface area contributed by atoms with Crippen molar-refractivity contribution in [3.8, 4) is 0 Å². The summed E-state index contributed by atoms with van der Waals surface area (Å²) in [5.41, 5.74) is 3.49. The van der Waals surface area contributed by atoms with Gasteiger partial charge < -0.3 is 0 Å². The van der Waals surface area contributed by atoms with Crippen molar-refractivity contribution in [1.82, 2.24) is 0 Å². The molecule has 1 N–H and O–H groups in total. The van der Waals surface area contributed by atoms with Gasteiger partial charge in [-0.05, 0) is 31.4 Å². The molecule has 1 aromatic carbocycles. The lowest BCUT2D eigenvalue weighted by molar-refractivity contribution is -0.141. The van der Waals surface area contributed by atoms with Crippen molar-refractivity contribution >= 4 is 11.5 Å². The van der Waals surface area contributed by atoms with E-state index in [1.807, 2.05) is 44.2 Å². The quantitative estimate of drug-likeness (QED) is 0.815. The summed E-state index contributed by atoms with van der Waals surface area (Å²) in [6, 6.07) is 9.63. The molecule has 0 heterocycles. The number of hydrogen-bond acceptors (Lipinski definition) is 3. The predicted molar refractivity (Wildman–Crippen MR) is 67.6 cm³/mol. The molecular weight excluding hydrogens is 214 g/mol. The molecular formula is C14H19NO2. The summed E-state index contributed by atoms with van der Waals surface area (Å²) in [5.74, 6) is 0.201. The van der Waals surface area contributed by atoms with Gasteiger partial charge in [-0.3, -0.25) is 15.1 Å². The van der Waals surface area contributed by atoms with Crippen LogP contribution in [-0.2, 0) is 9.63 Å². The lowest BCUT2D eigenvalue weighted by atomic mass is 9.75. The summed E-state index contributed by atoms with van der Waals surface area (Å²) < 4.78 is 0. The van der Waals surface area contributed by atoms with Gasteiger partial charge in [0.15, 0.2) is 5.78 Å². The Bertz CT molecular complexity index is 386. The van der Waals surface area contributed by atoms with Gasteiger partial charge in [0.05, 0.1) is 5.69 Å². The Labute approximate surface area is 102 Å². The number of carbonyl (C=O) groups is 1. The number of benzene rings is 1. The fraction of sp³-hybridized carbons (Fsp3) is 0.500. The molecule has 0 aliphatic heterocycles. The summed E-state index contributed by atoms with van der Waals surface area (Å²) >= 11 is 0. The largest absolute Gasteiger partial charge is 0.296 e. The number of anilines is 1. The van der Waals surface area contributed by atoms with E-state index < -0.39 is 0 Å². The molecule has 1 aliphatic carbocycles. The average Bonchev–Trinajstić information content (AvgIpc) is 2.32. The van der Waals surface area contributed by atoms with Crippen molar-refractivity contribution in [2.45, 2.75) is 39.2 Å². The van der Waals surface area contributed by atoms with Crippen LogP contribution in [0.4, 0.5) is 5.69 Å². The summed E-state index contributed by atoms with van der Waals surface area (Å²) in [7, 11) is 0. The van der Waals surface area contributed by atoms with Gasteiger partial charge in [0.25, 0.3) is 0 Å². The van der Waals surface area contributed by atoms with Crippen molar-refractivity contribution in [2.24, 2.45) is 5.41 Å². The standard InChI is InChI=1S/C14H19NO2/c1-14(2)10-6-9-12(13(14)16)17-15-11-7-4-3-5-8-11/h3-5,7-8,12,15H,6,9-10H2,1-2H3/t12-/m0/s1. The van der Waals surface area contributed by atoms with Crippen molar-refractivity contribution < 1.29 is 9.63 Å². The molecule has 1 fully saturated rings. The normalized spacial score (nSPS) is 23.4. The molecule has 3 nitrogen and oxygen atoms in total. The first-order chi connectivity index (χ1) is 8.09. The van der Waals surface area contributed by atoms with Crippen LogP contribution >= 0.6 is 0 Å². The first-order valence-electron chi connectivity index (χ1n) is 6.11. The van der Waals surface area contributed by atoms with Gasteiger partial charge in [0, 0.05) is 5.41 Å². The Morgan fingerprint density at radius 2 is 2.00 bits per heavy atom. The van der Waals surface area contributed by atoms with Crippen LogP contribution in [0.2, 0.25) is 0 Å². The minimum absolute atomic E-state index is 0.201. The fourth-order valence-electron chi connectivity index (χ4n) is 2.18. The molecule has 2 rings (SSSR count). The number of para-hydroxylation sites is 1. The van der Waals surface area contributed by atoms with E-state index in [2.05, 4.69) is 5.48 Å². The van der Waals surface area contributed by atoms with Crippen LogP contribution in [0.1, 0.15) is 33.1 Å². The first-order valence-corrected chi connectivity index (χ1v) is 6.11. The Hall–Kier alpha value is -1.35. The topological polar surface area (TPSA) is 38.3 Å². The summed E-state index contributed by atoms with van der Waals surface area (Å²) in [4.78, 5) is 17.6. The van der Waals surface area contributed by atoms with Crippen molar-refractivity contribution in [2.75, 3.05) is 5.48 Å². The maximum atomic E-state index is 12.1. The van der Waals surface area contributed by atoms with E-state index in [1.54, 1.807) is 0 Å². The molecule has 1 aliphatic rings. The number of hydrogen-bond donors (Lipinski definition) is 1. The number of rotatable bonds is 3. The molecule has 0 amide bonds.